The predicted octanol–water partition coefficient (Wildman–Crippen LogP) is 3.12. The molecule has 0 aliphatic rings. The molecule has 0 fully saturated rings. The SMILES string of the molecule is Cc1nccc(CNCc2c(F)ccc(Br)c2F)n1. The molecule has 0 aliphatic heterocycles. The summed E-state index contributed by atoms with van der Waals surface area (Å²) in [6.07, 6.45) is 1.65. The summed E-state index contributed by atoms with van der Waals surface area (Å²) in [5.41, 5.74) is 0.795. The molecule has 3 nitrogen and oxygen atoms in total. The van der Waals surface area contributed by atoms with Crippen molar-refractivity contribution in [2.75, 3.05) is 0 Å². The van der Waals surface area contributed by atoms with Crippen LogP contribution in [0.5, 0.6) is 0 Å². The number of aromatic nitrogens is 2. The second-order valence-electron chi connectivity index (χ2n) is 4.02. The Morgan fingerprint density at radius 1 is 1.21 bits per heavy atom. The van der Waals surface area contributed by atoms with E-state index in [0.717, 1.165) is 5.69 Å². The fourth-order valence-corrected chi connectivity index (χ4v) is 2.02. The lowest BCUT2D eigenvalue weighted by molar-refractivity contribution is 0.530. The second kappa shape index (κ2) is 6.16. The molecule has 0 saturated carbocycles. The highest BCUT2D eigenvalue weighted by atomic mass is 79.9. The number of benzene rings is 1. The van der Waals surface area contributed by atoms with E-state index in [1.54, 1.807) is 19.2 Å². The van der Waals surface area contributed by atoms with E-state index in [0.29, 0.717) is 12.4 Å². The van der Waals surface area contributed by atoms with E-state index < -0.39 is 11.6 Å². The zero-order chi connectivity index (χ0) is 13.8. The highest BCUT2D eigenvalue weighted by Gasteiger charge is 2.11. The van der Waals surface area contributed by atoms with Gasteiger partial charge in [-0.05, 0) is 41.1 Å². The molecular formula is C13H12BrF2N3. The minimum atomic E-state index is -0.577. The second-order valence-corrected chi connectivity index (χ2v) is 4.87. The molecule has 2 rings (SSSR count). The maximum absolute atomic E-state index is 13.7. The highest BCUT2D eigenvalue weighted by Crippen LogP contribution is 2.21. The third-order valence-electron chi connectivity index (χ3n) is 2.58. The molecule has 6 heteroatoms. The molecule has 0 unspecified atom stereocenters. The molecule has 0 saturated heterocycles. The average molecular weight is 328 g/mol. The molecule has 0 amide bonds. The van der Waals surface area contributed by atoms with E-state index in [4.69, 9.17) is 0 Å². The van der Waals surface area contributed by atoms with E-state index >= 15 is 0 Å². The summed E-state index contributed by atoms with van der Waals surface area (Å²) in [6, 6.07) is 4.34. The molecular weight excluding hydrogens is 316 g/mol. The van der Waals surface area contributed by atoms with Crippen molar-refractivity contribution in [3.05, 3.63) is 57.6 Å². The Kier molecular flexibility index (Phi) is 4.55. The summed E-state index contributed by atoms with van der Waals surface area (Å²) in [5.74, 6) is -0.474. The summed E-state index contributed by atoms with van der Waals surface area (Å²) in [5, 5.41) is 2.96. The Bertz CT molecular complexity index is 590. The zero-order valence-electron chi connectivity index (χ0n) is 10.3. The first kappa shape index (κ1) is 14.0. The van der Waals surface area contributed by atoms with Crippen molar-refractivity contribution in [2.45, 2.75) is 20.0 Å². The standard InChI is InChI=1S/C13H12BrF2N3/c1-8-18-5-4-9(19-8)6-17-7-10-12(15)3-2-11(14)13(10)16/h2-5,17H,6-7H2,1H3. The molecule has 1 aromatic heterocycles. The minimum Gasteiger partial charge on any atom is -0.307 e. The first-order valence-corrected chi connectivity index (χ1v) is 6.49. The number of hydrogen-bond acceptors (Lipinski definition) is 3. The Balaban J connectivity index is 2.02. The van der Waals surface area contributed by atoms with Crippen molar-refractivity contribution in [1.29, 1.82) is 0 Å². The maximum Gasteiger partial charge on any atom is 0.144 e. The first-order chi connectivity index (χ1) is 9.08. The molecule has 19 heavy (non-hydrogen) atoms. The summed E-state index contributed by atoms with van der Waals surface area (Å²) >= 11 is 3.04. The van der Waals surface area contributed by atoms with Crippen LogP contribution in [0.1, 0.15) is 17.1 Å². The number of nitrogens with one attached hydrogen (secondary N) is 1. The van der Waals surface area contributed by atoms with Crippen molar-refractivity contribution in [1.82, 2.24) is 15.3 Å². The average Bonchev–Trinajstić information content (AvgIpc) is 2.38. The number of rotatable bonds is 4. The normalized spacial score (nSPS) is 10.7. The first-order valence-electron chi connectivity index (χ1n) is 5.69. The zero-order valence-corrected chi connectivity index (χ0v) is 11.8. The van der Waals surface area contributed by atoms with Gasteiger partial charge in [-0.1, -0.05) is 0 Å². The van der Waals surface area contributed by atoms with E-state index in [-0.39, 0.29) is 16.6 Å². The van der Waals surface area contributed by atoms with Crippen LogP contribution in [0.4, 0.5) is 8.78 Å². The van der Waals surface area contributed by atoms with Crippen LogP contribution in [0.3, 0.4) is 0 Å². The van der Waals surface area contributed by atoms with Crippen LogP contribution < -0.4 is 5.32 Å². The summed E-state index contributed by atoms with van der Waals surface area (Å²) < 4.78 is 27.4. The third kappa shape index (κ3) is 3.54. The van der Waals surface area contributed by atoms with E-state index in [9.17, 15) is 8.78 Å². The van der Waals surface area contributed by atoms with Gasteiger partial charge >= 0.3 is 0 Å². The Hall–Kier alpha value is -1.40. The van der Waals surface area contributed by atoms with Gasteiger partial charge in [0.25, 0.3) is 0 Å². The van der Waals surface area contributed by atoms with E-state index in [2.05, 4.69) is 31.2 Å². The van der Waals surface area contributed by atoms with Gasteiger partial charge in [-0.15, -0.1) is 0 Å². The molecule has 0 spiro atoms. The lowest BCUT2D eigenvalue weighted by atomic mass is 10.2. The van der Waals surface area contributed by atoms with Crippen LogP contribution in [0.2, 0.25) is 0 Å². The van der Waals surface area contributed by atoms with Gasteiger partial charge in [0.05, 0.1) is 10.2 Å². The van der Waals surface area contributed by atoms with Crippen LogP contribution in [-0.4, -0.2) is 9.97 Å². The van der Waals surface area contributed by atoms with Gasteiger partial charge in [-0.25, -0.2) is 18.7 Å². The Labute approximate surface area is 118 Å². The number of aryl methyl sites for hydroxylation is 1. The summed E-state index contributed by atoms with van der Waals surface area (Å²) in [7, 11) is 0. The van der Waals surface area contributed by atoms with Gasteiger partial charge in [0.15, 0.2) is 0 Å². The molecule has 0 aliphatic carbocycles. The smallest absolute Gasteiger partial charge is 0.144 e. The molecule has 0 bridgehead atoms. The maximum atomic E-state index is 13.7. The topological polar surface area (TPSA) is 37.8 Å². The summed E-state index contributed by atoms with van der Waals surface area (Å²) in [4.78, 5) is 8.18. The van der Waals surface area contributed by atoms with Gasteiger partial charge in [-0.3, -0.25) is 0 Å². The van der Waals surface area contributed by atoms with Gasteiger partial charge < -0.3 is 5.32 Å². The van der Waals surface area contributed by atoms with E-state index in [1.165, 1.54) is 12.1 Å². The van der Waals surface area contributed by atoms with Crippen molar-refractivity contribution >= 4 is 15.9 Å². The van der Waals surface area contributed by atoms with Crippen molar-refractivity contribution in [3.8, 4) is 0 Å². The largest absolute Gasteiger partial charge is 0.307 e. The number of nitrogens with zero attached hydrogens (tertiary/aromatic N) is 2. The van der Waals surface area contributed by atoms with Gasteiger partial charge in [-0.2, -0.15) is 0 Å². The molecule has 1 N–H and O–H groups in total. The van der Waals surface area contributed by atoms with Crippen LogP contribution in [0.15, 0.2) is 28.9 Å². The molecule has 1 heterocycles. The Morgan fingerprint density at radius 2 is 2.00 bits per heavy atom. The Morgan fingerprint density at radius 3 is 2.74 bits per heavy atom. The monoisotopic (exact) mass is 327 g/mol. The molecule has 0 atom stereocenters. The lowest BCUT2D eigenvalue weighted by Crippen LogP contribution is -2.16. The van der Waals surface area contributed by atoms with Gasteiger partial charge in [0.2, 0.25) is 0 Å². The predicted molar refractivity (Wildman–Crippen MR) is 71.4 cm³/mol. The van der Waals surface area contributed by atoms with Crippen molar-refractivity contribution in [3.63, 3.8) is 0 Å². The quantitative estimate of drug-likeness (QED) is 0.877. The fourth-order valence-electron chi connectivity index (χ4n) is 1.65. The molecule has 100 valence electrons. The van der Waals surface area contributed by atoms with Crippen molar-refractivity contribution < 1.29 is 8.78 Å². The molecule has 0 radical (unpaired) electrons. The van der Waals surface area contributed by atoms with Gasteiger partial charge in [0.1, 0.15) is 17.5 Å². The van der Waals surface area contributed by atoms with Crippen LogP contribution >= 0.6 is 15.9 Å². The molecule has 1 aromatic carbocycles. The fraction of sp³-hybridized carbons (Fsp3) is 0.231. The third-order valence-corrected chi connectivity index (χ3v) is 3.19. The molecule has 2 aromatic rings. The van der Waals surface area contributed by atoms with Crippen LogP contribution in [0, 0.1) is 18.6 Å². The lowest BCUT2D eigenvalue weighted by Gasteiger charge is -2.08. The van der Waals surface area contributed by atoms with Crippen LogP contribution in [0.25, 0.3) is 0 Å². The highest BCUT2D eigenvalue weighted by molar-refractivity contribution is 9.10. The number of hydrogen-bond donors (Lipinski definition) is 1. The van der Waals surface area contributed by atoms with Crippen LogP contribution in [-0.2, 0) is 13.1 Å². The summed E-state index contributed by atoms with van der Waals surface area (Å²) in [6.45, 7) is 2.31. The minimum absolute atomic E-state index is 0.0140. The van der Waals surface area contributed by atoms with Gasteiger partial charge in [0, 0.05) is 24.8 Å². The number of halogens is 3. The van der Waals surface area contributed by atoms with Crippen molar-refractivity contribution in [2.24, 2.45) is 0 Å². The van der Waals surface area contributed by atoms with E-state index in [1.807, 2.05) is 0 Å².